The first-order valence-electron chi connectivity index (χ1n) is 10.9. The number of alkyl carbamates (subject to hydrolysis) is 1. The molecule has 1 aromatic carbocycles. The van der Waals surface area contributed by atoms with E-state index in [1.54, 1.807) is 0 Å². The summed E-state index contributed by atoms with van der Waals surface area (Å²) >= 11 is 9.55. The van der Waals surface area contributed by atoms with Crippen LogP contribution in [0.25, 0.3) is 0 Å². The molecule has 33 heavy (non-hydrogen) atoms. The van der Waals surface area contributed by atoms with Crippen LogP contribution >= 0.6 is 27.5 Å². The summed E-state index contributed by atoms with van der Waals surface area (Å²) < 4.78 is 6.51. The van der Waals surface area contributed by atoms with E-state index in [0.29, 0.717) is 57.5 Å². The lowest BCUT2D eigenvalue weighted by molar-refractivity contribution is -0.131. The minimum absolute atomic E-state index is 0.0335. The van der Waals surface area contributed by atoms with E-state index in [2.05, 4.69) is 31.4 Å². The first-order chi connectivity index (χ1) is 15.9. The van der Waals surface area contributed by atoms with Crippen molar-refractivity contribution in [1.29, 1.82) is 0 Å². The summed E-state index contributed by atoms with van der Waals surface area (Å²) in [6, 6.07) is 7.68. The largest absolute Gasteiger partial charge is 0.444 e. The van der Waals surface area contributed by atoms with Gasteiger partial charge in [-0.1, -0.05) is 45.7 Å². The fourth-order valence-electron chi connectivity index (χ4n) is 4.18. The molecule has 0 aliphatic carbocycles. The molecule has 3 heterocycles. The number of ether oxygens (including phenoxy) is 1. The summed E-state index contributed by atoms with van der Waals surface area (Å²) in [5.74, 6) is 0.0851. The summed E-state index contributed by atoms with van der Waals surface area (Å²) in [7, 11) is 0. The van der Waals surface area contributed by atoms with Gasteiger partial charge in [-0.15, -0.1) is 0 Å². The lowest BCUT2D eigenvalue weighted by Gasteiger charge is -2.32. The molecule has 2 aliphatic heterocycles. The Morgan fingerprint density at radius 2 is 1.97 bits per heavy atom. The number of halogens is 2. The van der Waals surface area contributed by atoms with Crippen LogP contribution in [0.5, 0.6) is 0 Å². The van der Waals surface area contributed by atoms with E-state index in [4.69, 9.17) is 16.3 Å². The van der Waals surface area contributed by atoms with Crippen LogP contribution in [0.15, 0.2) is 39.7 Å². The quantitative estimate of drug-likeness (QED) is 0.606. The molecule has 9 nitrogen and oxygen atoms in total. The summed E-state index contributed by atoms with van der Waals surface area (Å²) in [6.07, 6.45) is 3.09. The molecule has 0 saturated carbocycles. The van der Waals surface area contributed by atoms with Crippen LogP contribution < -0.4 is 15.8 Å². The number of hydrogen-bond acceptors (Lipinski definition) is 6. The molecule has 2 saturated heterocycles. The van der Waals surface area contributed by atoms with Gasteiger partial charge in [-0.2, -0.15) is 5.10 Å². The lowest BCUT2D eigenvalue weighted by Crippen LogP contribution is -2.47. The van der Waals surface area contributed by atoms with Gasteiger partial charge in [0.25, 0.3) is 5.56 Å². The number of nitrogens with one attached hydrogen (secondary N) is 2. The van der Waals surface area contributed by atoms with E-state index in [0.717, 1.165) is 10.0 Å². The maximum Gasteiger partial charge on any atom is 0.407 e. The van der Waals surface area contributed by atoms with Gasteiger partial charge >= 0.3 is 6.09 Å². The molecule has 2 fully saturated rings. The van der Waals surface area contributed by atoms with Gasteiger partial charge in [-0.3, -0.25) is 9.59 Å². The molecule has 0 bridgehead atoms. The van der Waals surface area contributed by atoms with Crippen molar-refractivity contribution in [3.05, 3.63) is 55.9 Å². The molecular weight excluding hydrogens is 514 g/mol. The number of aromatic nitrogens is 2. The maximum atomic E-state index is 12.6. The summed E-state index contributed by atoms with van der Waals surface area (Å²) in [5, 5.41) is 9.08. The molecule has 2 N–H and O–H groups in total. The molecule has 2 amide bonds. The van der Waals surface area contributed by atoms with Crippen LogP contribution in [0.2, 0.25) is 5.02 Å². The number of H-pyrrole nitrogens is 1. The number of amides is 2. The number of carbonyl (C=O) groups is 2. The second kappa shape index (κ2) is 10.6. The van der Waals surface area contributed by atoms with E-state index < -0.39 is 11.7 Å². The van der Waals surface area contributed by atoms with Crippen molar-refractivity contribution in [1.82, 2.24) is 20.4 Å². The van der Waals surface area contributed by atoms with E-state index in [9.17, 15) is 14.4 Å². The van der Waals surface area contributed by atoms with E-state index in [1.165, 1.54) is 6.20 Å². The highest BCUT2D eigenvalue weighted by molar-refractivity contribution is 9.10. The fraction of sp³-hybridized carbons (Fsp3) is 0.455. The standard InChI is InChI=1S/C22H25BrClN5O4/c23-17-4-2-1-3-14(17)11-19(30)28-8-5-15(6-9-28)26-22(32)33-16-7-10-29(13-16)18-12-25-27-21(31)20(18)24/h1-4,12,15-16H,5-11,13H2,(H,26,32)(H,27,31)/t16-/m1/s1. The number of rotatable bonds is 5. The van der Waals surface area contributed by atoms with Crippen LogP contribution in [0.3, 0.4) is 0 Å². The van der Waals surface area contributed by atoms with Crippen LogP contribution in [0.1, 0.15) is 24.8 Å². The normalized spacial score (nSPS) is 18.9. The van der Waals surface area contributed by atoms with Crippen molar-refractivity contribution in [2.45, 2.75) is 37.8 Å². The van der Waals surface area contributed by atoms with Crippen LogP contribution in [0.4, 0.5) is 10.5 Å². The molecule has 0 spiro atoms. The molecule has 0 radical (unpaired) electrons. The highest BCUT2D eigenvalue weighted by Gasteiger charge is 2.29. The third-order valence-corrected chi connectivity index (χ3v) is 7.14. The summed E-state index contributed by atoms with van der Waals surface area (Å²) in [4.78, 5) is 40.4. The van der Waals surface area contributed by atoms with Gasteiger partial charge in [-0.05, 0) is 24.5 Å². The number of anilines is 1. The molecular formula is C22H25BrClN5O4. The first-order valence-corrected chi connectivity index (χ1v) is 12.0. The van der Waals surface area contributed by atoms with Crippen molar-refractivity contribution in [3.8, 4) is 0 Å². The van der Waals surface area contributed by atoms with Gasteiger partial charge in [0.1, 0.15) is 11.1 Å². The topological polar surface area (TPSA) is 108 Å². The number of nitrogens with zero attached hydrogens (tertiary/aromatic N) is 3. The highest BCUT2D eigenvalue weighted by Crippen LogP contribution is 2.26. The monoisotopic (exact) mass is 537 g/mol. The Labute approximate surface area is 204 Å². The number of benzene rings is 1. The number of aromatic amines is 1. The average molecular weight is 539 g/mol. The Balaban J connectivity index is 1.20. The Morgan fingerprint density at radius 3 is 2.73 bits per heavy atom. The van der Waals surface area contributed by atoms with Crippen LogP contribution in [0, 0.1) is 0 Å². The van der Waals surface area contributed by atoms with Gasteiger partial charge in [0.05, 0.1) is 24.8 Å². The second-order valence-electron chi connectivity index (χ2n) is 8.23. The molecule has 4 rings (SSSR count). The Kier molecular flexibility index (Phi) is 7.54. The third-order valence-electron chi connectivity index (χ3n) is 6.01. The van der Waals surface area contributed by atoms with Gasteiger partial charge < -0.3 is 19.9 Å². The molecule has 1 aromatic heterocycles. The van der Waals surface area contributed by atoms with Gasteiger partial charge in [0, 0.05) is 36.6 Å². The SMILES string of the molecule is O=C(NC1CCN(C(=O)Cc2ccccc2Br)CC1)O[C@@H]1CCN(c2cn[nH]c(=O)c2Cl)C1. The predicted octanol–water partition coefficient (Wildman–Crippen LogP) is 2.72. The van der Waals surface area contributed by atoms with Crippen molar-refractivity contribution in [2.24, 2.45) is 0 Å². The van der Waals surface area contributed by atoms with E-state index in [-0.39, 0.29) is 23.1 Å². The number of carbonyl (C=O) groups excluding carboxylic acids is 2. The lowest BCUT2D eigenvalue weighted by atomic mass is 10.0. The smallest absolute Gasteiger partial charge is 0.407 e. The minimum Gasteiger partial charge on any atom is -0.444 e. The minimum atomic E-state index is -0.463. The first kappa shape index (κ1) is 23.6. The average Bonchev–Trinajstić information content (AvgIpc) is 3.25. The maximum absolute atomic E-state index is 12.6. The van der Waals surface area contributed by atoms with Gasteiger partial charge in [-0.25, -0.2) is 9.89 Å². The van der Waals surface area contributed by atoms with Gasteiger partial charge in [0.2, 0.25) is 5.91 Å². The Hall–Kier alpha value is -2.59. The second-order valence-corrected chi connectivity index (χ2v) is 9.46. The molecule has 0 unspecified atom stereocenters. The zero-order valence-electron chi connectivity index (χ0n) is 17.9. The zero-order valence-corrected chi connectivity index (χ0v) is 20.3. The van der Waals surface area contributed by atoms with Crippen LogP contribution in [-0.2, 0) is 16.0 Å². The fourth-order valence-corrected chi connectivity index (χ4v) is 4.82. The molecule has 1 atom stereocenters. The third kappa shape index (κ3) is 5.86. The van der Waals surface area contributed by atoms with E-state index >= 15 is 0 Å². The van der Waals surface area contributed by atoms with Crippen LogP contribution in [-0.4, -0.2) is 65.4 Å². The Morgan fingerprint density at radius 1 is 1.21 bits per heavy atom. The molecule has 2 aliphatic rings. The van der Waals surface area contributed by atoms with Crippen molar-refractivity contribution in [2.75, 3.05) is 31.1 Å². The van der Waals surface area contributed by atoms with Crippen molar-refractivity contribution in [3.63, 3.8) is 0 Å². The molecule has 2 aromatic rings. The number of likely N-dealkylation sites (tertiary alicyclic amines) is 1. The predicted molar refractivity (Wildman–Crippen MR) is 128 cm³/mol. The van der Waals surface area contributed by atoms with E-state index in [1.807, 2.05) is 34.1 Å². The number of piperidine rings is 1. The zero-order chi connectivity index (χ0) is 23.4. The van der Waals surface area contributed by atoms with Gasteiger partial charge in [0.15, 0.2) is 0 Å². The van der Waals surface area contributed by atoms with Crippen molar-refractivity contribution < 1.29 is 14.3 Å². The Bertz CT molecular complexity index is 1070. The summed E-state index contributed by atoms with van der Waals surface area (Å²) in [5.41, 5.74) is 1.05. The molecule has 176 valence electrons. The molecule has 11 heteroatoms. The summed E-state index contributed by atoms with van der Waals surface area (Å²) in [6.45, 7) is 2.25. The van der Waals surface area contributed by atoms with Crippen molar-refractivity contribution >= 4 is 45.2 Å². The highest BCUT2D eigenvalue weighted by atomic mass is 79.9. The number of hydrogen-bond donors (Lipinski definition) is 2.